The summed E-state index contributed by atoms with van der Waals surface area (Å²) in [5, 5.41) is 0.640. The van der Waals surface area contributed by atoms with Gasteiger partial charge in [0.05, 0.1) is 19.3 Å². The zero-order valence-corrected chi connectivity index (χ0v) is 16.5. The fourth-order valence-electron chi connectivity index (χ4n) is 3.52. The van der Waals surface area contributed by atoms with Crippen molar-refractivity contribution in [3.05, 3.63) is 57.9 Å². The minimum Gasteiger partial charge on any atom is -0.371 e. The molecule has 0 amide bonds. The summed E-state index contributed by atoms with van der Waals surface area (Å²) in [7, 11) is 0. The lowest BCUT2D eigenvalue weighted by Crippen LogP contribution is -2.41. The number of ether oxygens (including phenoxy) is 1. The van der Waals surface area contributed by atoms with Crippen LogP contribution >= 0.6 is 11.6 Å². The van der Waals surface area contributed by atoms with Crippen LogP contribution in [0, 0.1) is 13.8 Å². The molecule has 0 aliphatic carbocycles. The zero-order chi connectivity index (χ0) is 20.5. The normalized spacial score (nSPS) is 18.4. The van der Waals surface area contributed by atoms with Crippen LogP contribution in [-0.4, -0.2) is 47.7 Å². The van der Waals surface area contributed by atoms with Crippen molar-refractivity contribution >= 4 is 17.4 Å². The molecule has 1 aromatic carbocycles. The minimum absolute atomic E-state index is 0.143. The van der Waals surface area contributed by atoms with Gasteiger partial charge in [-0.2, -0.15) is 13.2 Å². The molecule has 0 saturated carbocycles. The molecule has 152 valence electrons. The first-order valence-electron chi connectivity index (χ1n) is 9.00. The number of hydrogen-bond donors (Lipinski definition) is 0. The first-order valence-corrected chi connectivity index (χ1v) is 9.38. The second-order valence-electron chi connectivity index (χ2n) is 7.06. The Morgan fingerprint density at radius 3 is 2.57 bits per heavy atom. The Kier molecular flexibility index (Phi) is 6.17. The van der Waals surface area contributed by atoms with Gasteiger partial charge in [-0.25, -0.2) is 0 Å². The summed E-state index contributed by atoms with van der Waals surface area (Å²) >= 11 is 5.92. The van der Waals surface area contributed by atoms with Crippen molar-refractivity contribution in [1.29, 1.82) is 0 Å². The van der Waals surface area contributed by atoms with E-state index in [0.29, 0.717) is 41.7 Å². The smallest absolute Gasteiger partial charge is 0.371 e. The number of aromatic nitrogens is 1. The number of carbonyl (C=O) groups is 1. The molecule has 0 spiro atoms. The minimum atomic E-state index is -4.33. The predicted octanol–water partition coefficient (Wildman–Crippen LogP) is 4.58. The van der Waals surface area contributed by atoms with Gasteiger partial charge < -0.3 is 9.30 Å². The van der Waals surface area contributed by atoms with E-state index in [1.807, 2.05) is 17.0 Å². The Bertz CT molecular complexity index is 846. The summed E-state index contributed by atoms with van der Waals surface area (Å²) in [4.78, 5) is 14.7. The van der Waals surface area contributed by atoms with Gasteiger partial charge in [-0.1, -0.05) is 23.7 Å². The third-order valence-electron chi connectivity index (χ3n) is 4.97. The predicted molar refractivity (Wildman–Crippen MR) is 101 cm³/mol. The number of hydrogen-bond acceptors (Lipinski definition) is 3. The van der Waals surface area contributed by atoms with E-state index in [1.165, 1.54) is 0 Å². The molecular formula is C20H22ClF3N2O2. The van der Waals surface area contributed by atoms with Crippen LogP contribution in [-0.2, 0) is 11.3 Å². The van der Waals surface area contributed by atoms with Crippen molar-refractivity contribution in [3.8, 4) is 0 Å². The summed E-state index contributed by atoms with van der Waals surface area (Å²) in [6, 6.07) is 8.91. The van der Waals surface area contributed by atoms with Gasteiger partial charge in [0.1, 0.15) is 6.54 Å². The number of alkyl halides is 3. The quantitative estimate of drug-likeness (QED) is 0.672. The van der Waals surface area contributed by atoms with Gasteiger partial charge in [0.2, 0.25) is 0 Å². The molecule has 0 bridgehead atoms. The molecule has 8 heteroatoms. The molecule has 2 aromatic rings. The summed E-state index contributed by atoms with van der Waals surface area (Å²) in [6.07, 6.45) is -4.50. The van der Waals surface area contributed by atoms with Crippen molar-refractivity contribution in [3.63, 3.8) is 0 Å². The van der Waals surface area contributed by atoms with Crippen LogP contribution in [0.25, 0.3) is 0 Å². The van der Waals surface area contributed by atoms with Gasteiger partial charge in [0, 0.05) is 35.1 Å². The molecule has 0 N–H and O–H groups in total. The second kappa shape index (κ2) is 8.27. The molecule has 1 aliphatic heterocycles. The largest absolute Gasteiger partial charge is 0.406 e. The van der Waals surface area contributed by atoms with E-state index in [-0.39, 0.29) is 18.4 Å². The number of Topliss-reactive ketones (excluding diaryl/α,β-unsaturated/α-hetero) is 1. The number of ketones is 1. The highest BCUT2D eigenvalue weighted by atomic mass is 35.5. The van der Waals surface area contributed by atoms with Crippen LogP contribution in [0.4, 0.5) is 13.2 Å². The molecule has 0 radical (unpaired) electrons. The molecule has 1 aromatic heterocycles. The number of aryl methyl sites for hydroxylation is 1. The molecular weight excluding hydrogens is 393 g/mol. The number of halogens is 4. The van der Waals surface area contributed by atoms with Gasteiger partial charge in [0.15, 0.2) is 5.78 Å². The molecule has 1 saturated heterocycles. The van der Waals surface area contributed by atoms with Crippen LogP contribution in [0.5, 0.6) is 0 Å². The van der Waals surface area contributed by atoms with Crippen LogP contribution < -0.4 is 0 Å². The molecule has 3 rings (SSSR count). The lowest BCUT2D eigenvalue weighted by molar-refractivity contribution is -0.141. The summed E-state index contributed by atoms with van der Waals surface area (Å²) in [5.74, 6) is -0.182. The number of nitrogens with zero attached hydrogens (tertiary/aromatic N) is 2. The fraction of sp³-hybridized carbons (Fsp3) is 0.450. The Labute approximate surface area is 166 Å². The Hall–Kier alpha value is -1.83. The monoisotopic (exact) mass is 414 g/mol. The van der Waals surface area contributed by atoms with Crippen LogP contribution in [0.15, 0.2) is 30.3 Å². The zero-order valence-electron chi connectivity index (χ0n) is 15.7. The average molecular weight is 415 g/mol. The summed E-state index contributed by atoms with van der Waals surface area (Å²) < 4.78 is 45.3. The maximum atomic E-state index is 12.8. The Morgan fingerprint density at radius 2 is 1.93 bits per heavy atom. The molecule has 2 heterocycles. The fourth-order valence-corrected chi connectivity index (χ4v) is 3.65. The highest BCUT2D eigenvalue weighted by Crippen LogP contribution is 2.26. The summed E-state index contributed by atoms with van der Waals surface area (Å²) in [6.45, 7) is 3.81. The van der Waals surface area contributed by atoms with Gasteiger partial charge in [-0.05, 0) is 37.6 Å². The average Bonchev–Trinajstić information content (AvgIpc) is 2.89. The Balaban J connectivity index is 1.69. The molecule has 1 fully saturated rings. The molecule has 1 unspecified atom stereocenters. The van der Waals surface area contributed by atoms with E-state index in [0.717, 1.165) is 10.1 Å². The molecule has 28 heavy (non-hydrogen) atoms. The van der Waals surface area contributed by atoms with Crippen molar-refractivity contribution in [2.75, 3.05) is 26.2 Å². The maximum absolute atomic E-state index is 12.8. The van der Waals surface area contributed by atoms with Crippen molar-refractivity contribution in [2.45, 2.75) is 32.7 Å². The third-order valence-corrected chi connectivity index (χ3v) is 5.22. The van der Waals surface area contributed by atoms with Crippen LogP contribution in [0.3, 0.4) is 0 Å². The first-order chi connectivity index (χ1) is 13.1. The van der Waals surface area contributed by atoms with Gasteiger partial charge in [-0.3, -0.25) is 9.69 Å². The first kappa shape index (κ1) is 20.9. The van der Waals surface area contributed by atoms with Crippen molar-refractivity contribution in [1.82, 2.24) is 9.47 Å². The van der Waals surface area contributed by atoms with E-state index in [2.05, 4.69) is 0 Å². The number of benzene rings is 1. The standard InChI is InChI=1S/C20H22ClF3N2O2/c1-13-9-17(14(2)26(13)12-20(22,23)24)18(27)10-25-7-8-28-19(11-25)15-3-5-16(21)6-4-15/h3-6,9,19H,7-8,10-12H2,1-2H3. The van der Waals surface area contributed by atoms with E-state index in [4.69, 9.17) is 16.3 Å². The second-order valence-corrected chi connectivity index (χ2v) is 7.49. The highest BCUT2D eigenvalue weighted by Gasteiger charge is 2.31. The number of carbonyl (C=O) groups excluding carboxylic acids is 1. The highest BCUT2D eigenvalue weighted by molar-refractivity contribution is 6.30. The topological polar surface area (TPSA) is 34.5 Å². The van der Waals surface area contributed by atoms with Gasteiger partial charge >= 0.3 is 6.18 Å². The van der Waals surface area contributed by atoms with Crippen LogP contribution in [0.1, 0.15) is 33.4 Å². The molecule has 4 nitrogen and oxygen atoms in total. The lowest BCUT2D eigenvalue weighted by Gasteiger charge is -2.32. The van der Waals surface area contributed by atoms with Crippen LogP contribution in [0.2, 0.25) is 5.02 Å². The van der Waals surface area contributed by atoms with Gasteiger partial charge in [-0.15, -0.1) is 0 Å². The van der Waals surface area contributed by atoms with Crippen molar-refractivity contribution < 1.29 is 22.7 Å². The van der Waals surface area contributed by atoms with E-state index >= 15 is 0 Å². The Morgan fingerprint density at radius 1 is 1.25 bits per heavy atom. The molecule has 1 atom stereocenters. The third kappa shape index (κ3) is 4.96. The maximum Gasteiger partial charge on any atom is 0.406 e. The lowest BCUT2D eigenvalue weighted by atomic mass is 10.1. The van der Waals surface area contributed by atoms with E-state index in [9.17, 15) is 18.0 Å². The number of rotatable bonds is 5. The van der Waals surface area contributed by atoms with Gasteiger partial charge in [0.25, 0.3) is 0 Å². The number of morpholine rings is 1. The van der Waals surface area contributed by atoms with Crippen molar-refractivity contribution in [2.24, 2.45) is 0 Å². The SMILES string of the molecule is Cc1cc(C(=O)CN2CCOC(c3ccc(Cl)cc3)C2)c(C)n1CC(F)(F)F. The van der Waals surface area contributed by atoms with E-state index < -0.39 is 12.7 Å². The van der Waals surface area contributed by atoms with E-state index in [1.54, 1.807) is 32.0 Å². The molecule has 1 aliphatic rings. The summed E-state index contributed by atoms with van der Waals surface area (Å²) in [5.41, 5.74) is 2.10.